The monoisotopic (exact) mass is 502 g/mol. The molecule has 0 bridgehead atoms. The summed E-state index contributed by atoms with van der Waals surface area (Å²) in [4.78, 5) is 25.4. The highest BCUT2D eigenvalue weighted by molar-refractivity contribution is 7.80. The molecule has 1 aromatic heterocycles. The smallest absolute Gasteiger partial charge is 0.344 e. The number of benzene rings is 3. The number of anilines is 1. The van der Waals surface area contributed by atoms with Crippen LogP contribution >= 0.6 is 12.2 Å². The van der Waals surface area contributed by atoms with Crippen molar-refractivity contribution in [3.63, 3.8) is 0 Å². The van der Waals surface area contributed by atoms with Crippen LogP contribution in [0.15, 0.2) is 82.0 Å². The van der Waals surface area contributed by atoms with Crippen molar-refractivity contribution < 1.29 is 18.7 Å². The number of ether oxygens (including phenoxy) is 2. The predicted molar refractivity (Wildman–Crippen MR) is 145 cm³/mol. The first kappa shape index (κ1) is 24.9. The van der Waals surface area contributed by atoms with Crippen molar-refractivity contribution in [3.05, 3.63) is 88.8 Å². The van der Waals surface area contributed by atoms with E-state index in [-0.39, 0.29) is 11.0 Å². The number of hydrogen-bond donors (Lipinski definition) is 2. The van der Waals surface area contributed by atoms with Gasteiger partial charge in [-0.05, 0) is 66.7 Å². The van der Waals surface area contributed by atoms with Gasteiger partial charge in [0.1, 0.15) is 17.1 Å². The lowest BCUT2D eigenvalue weighted by Gasteiger charge is -2.14. The molecule has 8 heteroatoms. The number of carbonyl (C=O) groups excluding carboxylic acids is 1. The molecule has 0 aliphatic heterocycles. The van der Waals surface area contributed by atoms with Crippen molar-refractivity contribution in [1.29, 1.82) is 0 Å². The average Bonchev–Trinajstić information content (AvgIpc) is 2.88. The van der Waals surface area contributed by atoms with Crippen molar-refractivity contribution in [2.24, 2.45) is 0 Å². The molecule has 36 heavy (non-hydrogen) atoms. The molecule has 0 aliphatic carbocycles. The first-order valence-corrected chi connectivity index (χ1v) is 12.0. The lowest BCUT2D eigenvalue weighted by atomic mass is 10.0. The number of thiocarbonyl (C=S) groups is 1. The molecule has 7 nitrogen and oxygen atoms in total. The van der Waals surface area contributed by atoms with Gasteiger partial charge in [0.25, 0.3) is 5.91 Å². The lowest BCUT2D eigenvalue weighted by Crippen LogP contribution is -2.34. The maximum Gasteiger partial charge on any atom is 0.344 e. The van der Waals surface area contributed by atoms with Gasteiger partial charge in [-0.3, -0.25) is 10.1 Å². The molecule has 0 unspecified atom stereocenters. The summed E-state index contributed by atoms with van der Waals surface area (Å²) in [7, 11) is 1.52. The van der Waals surface area contributed by atoms with E-state index in [4.69, 9.17) is 26.1 Å². The zero-order valence-electron chi connectivity index (χ0n) is 20.0. The third-order valence-electron chi connectivity index (χ3n) is 5.49. The second-order valence-electron chi connectivity index (χ2n) is 8.04. The molecule has 0 spiro atoms. The van der Waals surface area contributed by atoms with Crippen LogP contribution in [-0.2, 0) is 0 Å². The minimum absolute atomic E-state index is 0.0818. The molecular weight excluding hydrogens is 476 g/mol. The standard InChI is InChI=1S/C28H26N2O5S/c1-3-4-14-34-21-10-7-9-20(15-21)26(31)30-28(36)29-23-17-18(12-13-25(23)33-2)22-16-19-8-5-6-11-24(19)35-27(22)32/h5-13,15-17H,3-4,14H2,1-2H3,(H2,29,30,31,36). The fourth-order valence-electron chi connectivity index (χ4n) is 3.63. The maximum atomic E-state index is 12.8. The van der Waals surface area contributed by atoms with Gasteiger partial charge in [-0.1, -0.05) is 43.7 Å². The predicted octanol–water partition coefficient (Wildman–Crippen LogP) is 5.77. The lowest BCUT2D eigenvalue weighted by molar-refractivity contribution is 0.0977. The van der Waals surface area contributed by atoms with E-state index in [9.17, 15) is 9.59 Å². The van der Waals surface area contributed by atoms with E-state index in [1.54, 1.807) is 48.5 Å². The fourth-order valence-corrected chi connectivity index (χ4v) is 3.83. The number of rotatable bonds is 8. The highest BCUT2D eigenvalue weighted by atomic mass is 32.1. The summed E-state index contributed by atoms with van der Waals surface area (Å²) in [6.07, 6.45) is 1.96. The van der Waals surface area contributed by atoms with E-state index in [2.05, 4.69) is 17.6 Å². The number of fused-ring (bicyclic) bond motifs is 1. The van der Waals surface area contributed by atoms with Crippen LogP contribution in [0.2, 0.25) is 0 Å². The molecule has 0 fully saturated rings. The number of methoxy groups -OCH3 is 1. The second-order valence-corrected chi connectivity index (χ2v) is 8.45. The summed E-state index contributed by atoms with van der Waals surface area (Å²) < 4.78 is 16.6. The Morgan fingerprint density at radius 3 is 2.67 bits per heavy atom. The number of nitrogens with one attached hydrogen (secondary N) is 2. The Morgan fingerprint density at radius 1 is 1.03 bits per heavy atom. The Hall–Kier alpha value is -4.17. The van der Waals surface area contributed by atoms with E-state index in [1.807, 2.05) is 24.3 Å². The molecule has 4 aromatic rings. The largest absolute Gasteiger partial charge is 0.495 e. The Kier molecular flexibility index (Phi) is 7.97. The van der Waals surface area contributed by atoms with Crippen molar-refractivity contribution in [3.8, 4) is 22.6 Å². The van der Waals surface area contributed by atoms with Gasteiger partial charge in [0.05, 0.1) is 25.0 Å². The highest BCUT2D eigenvalue weighted by Gasteiger charge is 2.14. The van der Waals surface area contributed by atoms with Crippen LogP contribution in [-0.4, -0.2) is 24.7 Å². The van der Waals surface area contributed by atoms with Crippen LogP contribution in [0.5, 0.6) is 11.5 Å². The van der Waals surface area contributed by atoms with Crippen molar-refractivity contribution in [1.82, 2.24) is 5.32 Å². The van der Waals surface area contributed by atoms with Crippen LogP contribution in [0, 0.1) is 0 Å². The Bertz CT molecular complexity index is 1460. The van der Waals surface area contributed by atoms with Crippen LogP contribution in [0.25, 0.3) is 22.1 Å². The van der Waals surface area contributed by atoms with E-state index >= 15 is 0 Å². The van der Waals surface area contributed by atoms with Crippen molar-refractivity contribution >= 4 is 39.9 Å². The van der Waals surface area contributed by atoms with Gasteiger partial charge in [0, 0.05) is 10.9 Å². The minimum atomic E-state index is -0.457. The van der Waals surface area contributed by atoms with E-state index in [0.717, 1.165) is 18.2 Å². The quantitative estimate of drug-likeness (QED) is 0.179. The van der Waals surface area contributed by atoms with Crippen LogP contribution in [0.3, 0.4) is 0 Å². The van der Waals surface area contributed by atoms with Gasteiger partial charge < -0.3 is 19.2 Å². The molecule has 4 rings (SSSR count). The second kappa shape index (κ2) is 11.5. The topological polar surface area (TPSA) is 89.8 Å². The molecule has 2 N–H and O–H groups in total. The van der Waals surface area contributed by atoms with E-state index < -0.39 is 5.63 Å². The maximum absolute atomic E-state index is 12.8. The van der Waals surface area contributed by atoms with Crippen LogP contribution < -0.4 is 25.7 Å². The van der Waals surface area contributed by atoms with Gasteiger partial charge in [0.15, 0.2) is 5.11 Å². The first-order chi connectivity index (χ1) is 17.5. The number of hydrogen-bond acceptors (Lipinski definition) is 6. The van der Waals surface area contributed by atoms with Crippen molar-refractivity contribution in [2.45, 2.75) is 19.8 Å². The fraction of sp³-hybridized carbons (Fsp3) is 0.179. The summed E-state index contributed by atoms with van der Waals surface area (Å²) in [5, 5.41) is 6.56. The first-order valence-electron chi connectivity index (χ1n) is 11.5. The number of amides is 1. The molecule has 0 aliphatic rings. The number of carbonyl (C=O) groups is 1. The summed E-state index contributed by atoms with van der Waals surface area (Å²) >= 11 is 5.38. The highest BCUT2D eigenvalue weighted by Crippen LogP contribution is 2.30. The summed E-state index contributed by atoms with van der Waals surface area (Å²) in [5.41, 5.74) is 1.98. The third-order valence-corrected chi connectivity index (χ3v) is 5.69. The average molecular weight is 503 g/mol. The Morgan fingerprint density at radius 2 is 1.86 bits per heavy atom. The number of para-hydroxylation sites is 1. The van der Waals surface area contributed by atoms with Crippen LogP contribution in [0.4, 0.5) is 5.69 Å². The molecule has 3 aromatic carbocycles. The van der Waals surface area contributed by atoms with Gasteiger partial charge in [-0.2, -0.15) is 0 Å². The molecule has 184 valence electrons. The molecular formula is C28H26N2O5S. The molecule has 1 heterocycles. The van der Waals surface area contributed by atoms with Gasteiger partial charge >= 0.3 is 5.63 Å². The SMILES string of the molecule is CCCCOc1cccc(C(=O)NC(=S)Nc2cc(-c3cc4ccccc4oc3=O)ccc2OC)c1. The van der Waals surface area contributed by atoms with Crippen LogP contribution in [0.1, 0.15) is 30.1 Å². The zero-order chi connectivity index (χ0) is 25.5. The van der Waals surface area contributed by atoms with E-state index in [1.165, 1.54) is 7.11 Å². The zero-order valence-corrected chi connectivity index (χ0v) is 20.8. The minimum Gasteiger partial charge on any atom is -0.495 e. The molecule has 0 atom stereocenters. The molecule has 0 radical (unpaired) electrons. The van der Waals surface area contributed by atoms with Gasteiger partial charge in [-0.15, -0.1) is 0 Å². The van der Waals surface area contributed by atoms with E-state index in [0.29, 0.717) is 46.1 Å². The third kappa shape index (κ3) is 5.90. The summed E-state index contributed by atoms with van der Waals surface area (Å²) in [6.45, 7) is 2.68. The van der Waals surface area contributed by atoms with Gasteiger partial charge in [-0.25, -0.2) is 4.79 Å². The molecule has 0 saturated heterocycles. The van der Waals surface area contributed by atoms with Crippen molar-refractivity contribution in [2.75, 3.05) is 19.0 Å². The Labute approximate surface area is 214 Å². The summed E-state index contributed by atoms with van der Waals surface area (Å²) in [5.74, 6) is 0.740. The normalized spacial score (nSPS) is 10.6. The molecule has 1 amide bonds. The number of unbranched alkanes of at least 4 members (excludes halogenated alkanes) is 1. The van der Waals surface area contributed by atoms with Gasteiger partial charge in [0.2, 0.25) is 0 Å². The molecule has 0 saturated carbocycles. The Balaban J connectivity index is 1.52. The summed E-state index contributed by atoms with van der Waals surface area (Å²) in [6, 6.07) is 21.2.